The van der Waals surface area contributed by atoms with Crippen LogP contribution in [-0.4, -0.2) is 6.54 Å². The third-order valence-electron chi connectivity index (χ3n) is 2.03. The van der Waals surface area contributed by atoms with Crippen molar-refractivity contribution in [1.82, 2.24) is 0 Å². The highest BCUT2D eigenvalue weighted by Gasteiger charge is 1.98. The SMILES string of the molecule is C#CCCNc1ccc(CC)c(Cl)c1. The number of rotatable bonds is 4. The van der Waals surface area contributed by atoms with Crippen molar-refractivity contribution in [3.63, 3.8) is 0 Å². The minimum Gasteiger partial charge on any atom is -0.384 e. The topological polar surface area (TPSA) is 12.0 Å². The first kappa shape index (κ1) is 10.9. The van der Waals surface area contributed by atoms with Crippen molar-refractivity contribution in [1.29, 1.82) is 0 Å². The van der Waals surface area contributed by atoms with Gasteiger partial charge in [0.05, 0.1) is 0 Å². The Morgan fingerprint density at radius 2 is 2.29 bits per heavy atom. The first-order chi connectivity index (χ1) is 6.77. The van der Waals surface area contributed by atoms with Crippen LogP contribution in [0.4, 0.5) is 5.69 Å². The third-order valence-corrected chi connectivity index (χ3v) is 2.38. The first-order valence-corrected chi connectivity index (χ1v) is 5.11. The summed E-state index contributed by atoms with van der Waals surface area (Å²) in [6, 6.07) is 6.01. The van der Waals surface area contributed by atoms with E-state index in [-0.39, 0.29) is 0 Å². The molecule has 0 bridgehead atoms. The Morgan fingerprint density at radius 3 is 2.86 bits per heavy atom. The molecule has 0 fully saturated rings. The molecular weight excluding hydrogens is 194 g/mol. The molecule has 0 saturated heterocycles. The van der Waals surface area contributed by atoms with Crippen molar-refractivity contribution < 1.29 is 0 Å². The fourth-order valence-corrected chi connectivity index (χ4v) is 1.54. The summed E-state index contributed by atoms with van der Waals surface area (Å²) in [6.45, 7) is 2.88. The van der Waals surface area contributed by atoms with Crippen LogP contribution in [0.1, 0.15) is 18.9 Å². The number of hydrogen-bond donors (Lipinski definition) is 1. The molecule has 0 aliphatic heterocycles. The van der Waals surface area contributed by atoms with Gasteiger partial charge in [0.1, 0.15) is 0 Å². The Morgan fingerprint density at radius 1 is 1.50 bits per heavy atom. The van der Waals surface area contributed by atoms with Crippen molar-refractivity contribution in [2.75, 3.05) is 11.9 Å². The van der Waals surface area contributed by atoms with Crippen LogP contribution in [0.3, 0.4) is 0 Å². The second kappa shape index (κ2) is 5.57. The molecule has 0 aromatic heterocycles. The highest BCUT2D eigenvalue weighted by molar-refractivity contribution is 6.31. The van der Waals surface area contributed by atoms with Crippen molar-refractivity contribution in [2.24, 2.45) is 0 Å². The second-order valence-corrected chi connectivity index (χ2v) is 3.45. The molecule has 0 heterocycles. The average Bonchev–Trinajstić information content (AvgIpc) is 2.18. The zero-order valence-corrected chi connectivity index (χ0v) is 9.06. The summed E-state index contributed by atoms with van der Waals surface area (Å²) < 4.78 is 0. The van der Waals surface area contributed by atoms with Crippen molar-refractivity contribution >= 4 is 17.3 Å². The lowest BCUT2D eigenvalue weighted by Crippen LogP contribution is -2.00. The van der Waals surface area contributed by atoms with Crippen LogP contribution in [0, 0.1) is 12.3 Å². The van der Waals surface area contributed by atoms with Crippen LogP contribution in [0.5, 0.6) is 0 Å². The molecule has 0 atom stereocenters. The van der Waals surface area contributed by atoms with Gasteiger partial charge in [0.25, 0.3) is 0 Å². The van der Waals surface area contributed by atoms with E-state index in [1.54, 1.807) is 0 Å². The van der Waals surface area contributed by atoms with Crippen molar-refractivity contribution in [3.05, 3.63) is 28.8 Å². The van der Waals surface area contributed by atoms with E-state index < -0.39 is 0 Å². The molecule has 1 aromatic carbocycles. The van der Waals surface area contributed by atoms with Gasteiger partial charge in [0.15, 0.2) is 0 Å². The zero-order chi connectivity index (χ0) is 10.4. The van der Waals surface area contributed by atoms with Gasteiger partial charge in [0, 0.05) is 23.7 Å². The molecule has 0 saturated carbocycles. The molecule has 1 nitrogen and oxygen atoms in total. The molecule has 0 amide bonds. The molecule has 74 valence electrons. The summed E-state index contributed by atoms with van der Waals surface area (Å²) in [5.41, 5.74) is 2.21. The predicted octanol–water partition coefficient (Wildman–Crippen LogP) is 3.34. The summed E-state index contributed by atoms with van der Waals surface area (Å²) in [5, 5.41) is 4.03. The smallest absolute Gasteiger partial charge is 0.0458 e. The normalized spacial score (nSPS) is 9.50. The number of anilines is 1. The molecule has 0 aliphatic carbocycles. The van der Waals surface area contributed by atoms with Gasteiger partial charge < -0.3 is 5.32 Å². The lowest BCUT2D eigenvalue weighted by atomic mass is 10.1. The Kier molecular flexibility index (Phi) is 4.35. The molecule has 0 unspecified atom stereocenters. The van der Waals surface area contributed by atoms with E-state index in [9.17, 15) is 0 Å². The minimum atomic E-state index is 0.729. The summed E-state index contributed by atoms with van der Waals surface area (Å²) in [5.74, 6) is 2.58. The van der Waals surface area contributed by atoms with E-state index in [1.165, 1.54) is 5.56 Å². The van der Waals surface area contributed by atoms with Gasteiger partial charge in [-0.1, -0.05) is 24.6 Å². The molecule has 0 spiro atoms. The number of halogens is 1. The summed E-state index contributed by atoms with van der Waals surface area (Å²) in [6.07, 6.45) is 6.84. The van der Waals surface area contributed by atoms with E-state index in [2.05, 4.69) is 18.2 Å². The number of benzene rings is 1. The van der Waals surface area contributed by atoms with E-state index >= 15 is 0 Å². The van der Waals surface area contributed by atoms with E-state index in [4.69, 9.17) is 18.0 Å². The number of terminal acetylenes is 1. The van der Waals surface area contributed by atoms with Gasteiger partial charge in [-0.25, -0.2) is 0 Å². The quantitative estimate of drug-likeness (QED) is 0.590. The number of nitrogens with one attached hydrogen (secondary N) is 1. The Balaban J connectivity index is 2.63. The van der Waals surface area contributed by atoms with E-state index in [1.807, 2.05) is 18.2 Å². The van der Waals surface area contributed by atoms with Gasteiger partial charge in [-0.3, -0.25) is 0 Å². The van der Waals surface area contributed by atoms with Crippen molar-refractivity contribution in [3.8, 4) is 12.3 Å². The molecule has 1 N–H and O–H groups in total. The lowest BCUT2D eigenvalue weighted by molar-refractivity contribution is 1.09. The number of hydrogen-bond acceptors (Lipinski definition) is 1. The molecular formula is C12H14ClN. The van der Waals surface area contributed by atoms with Gasteiger partial charge in [-0.15, -0.1) is 12.3 Å². The van der Waals surface area contributed by atoms with Gasteiger partial charge in [-0.05, 0) is 24.1 Å². The summed E-state index contributed by atoms with van der Waals surface area (Å²) >= 11 is 6.06. The monoisotopic (exact) mass is 207 g/mol. The van der Waals surface area contributed by atoms with Crippen molar-refractivity contribution in [2.45, 2.75) is 19.8 Å². The van der Waals surface area contributed by atoms with Crippen LogP contribution in [0.2, 0.25) is 5.02 Å². The molecule has 1 rings (SSSR count). The van der Waals surface area contributed by atoms with E-state index in [0.29, 0.717) is 0 Å². The molecule has 2 heteroatoms. The van der Waals surface area contributed by atoms with Crippen LogP contribution in [-0.2, 0) is 6.42 Å². The zero-order valence-electron chi connectivity index (χ0n) is 8.31. The van der Waals surface area contributed by atoms with Crippen LogP contribution in [0.15, 0.2) is 18.2 Å². The Hall–Kier alpha value is -1.13. The first-order valence-electron chi connectivity index (χ1n) is 4.73. The molecule has 1 aromatic rings. The predicted molar refractivity (Wildman–Crippen MR) is 62.8 cm³/mol. The fraction of sp³-hybridized carbons (Fsp3) is 0.333. The minimum absolute atomic E-state index is 0.729. The standard InChI is InChI=1S/C12H14ClN/c1-3-5-8-14-11-7-6-10(4-2)12(13)9-11/h1,6-7,9,14H,4-5,8H2,2H3. The highest BCUT2D eigenvalue weighted by Crippen LogP contribution is 2.21. The molecule has 0 aliphatic rings. The Bertz CT molecular complexity index is 339. The number of aryl methyl sites for hydroxylation is 1. The van der Waals surface area contributed by atoms with Crippen LogP contribution in [0.25, 0.3) is 0 Å². The Labute approximate surface area is 90.5 Å². The van der Waals surface area contributed by atoms with Gasteiger partial charge in [-0.2, -0.15) is 0 Å². The maximum absolute atomic E-state index is 6.06. The molecule has 0 radical (unpaired) electrons. The average molecular weight is 208 g/mol. The lowest BCUT2D eigenvalue weighted by Gasteiger charge is -2.06. The summed E-state index contributed by atoms with van der Waals surface area (Å²) in [7, 11) is 0. The maximum atomic E-state index is 6.06. The van der Waals surface area contributed by atoms with Crippen LogP contribution >= 0.6 is 11.6 Å². The third kappa shape index (κ3) is 2.97. The fourth-order valence-electron chi connectivity index (χ4n) is 1.22. The van der Waals surface area contributed by atoms with Gasteiger partial charge >= 0.3 is 0 Å². The van der Waals surface area contributed by atoms with E-state index in [0.717, 1.165) is 30.1 Å². The van der Waals surface area contributed by atoms with Gasteiger partial charge in [0.2, 0.25) is 0 Å². The second-order valence-electron chi connectivity index (χ2n) is 3.04. The largest absolute Gasteiger partial charge is 0.384 e. The summed E-state index contributed by atoms with van der Waals surface area (Å²) in [4.78, 5) is 0. The molecule has 14 heavy (non-hydrogen) atoms. The van der Waals surface area contributed by atoms with Crippen LogP contribution < -0.4 is 5.32 Å². The maximum Gasteiger partial charge on any atom is 0.0458 e. The highest BCUT2D eigenvalue weighted by atomic mass is 35.5.